The van der Waals surface area contributed by atoms with E-state index in [4.69, 9.17) is 4.43 Å². The van der Waals surface area contributed by atoms with Crippen LogP contribution < -0.4 is 0 Å². The summed E-state index contributed by atoms with van der Waals surface area (Å²) in [6, 6.07) is 0. The topological polar surface area (TPSA) is 9.23 Å². The van der Waals surface area contributed by atoms with Crippen LogP contribution in [0.2, 0.25) is 37.8 Å². The molecule has 0 bridgehead atoms. The molecule has 0 aliphatic heterocycles. The molecule has 0 aliphatic carbocycles. The molecular formula is C13H28OSi2. The zero-order valence-electron chi connectivity index (χ0n) is 12.3. The molecular weight excluding hydrogens is 228 g/mol. The van der Waals surface area contributed by atoms with E-state index in [-0.39, 0.29) is 5.04 Å². The van der Waals surface area contributed by atoms with Gasteiger partial charge in [-0.1, -0.05) is 52.7 Å². The summed E-state index contributed by atoms with van der Waals surface area (Å²) >= 11 is 0. The first-order chi connectivity index (χ1) is 6.85. The van der Waals surface area contributed by atoms with Gasteiger partial charge < -0.3 is 4.43 Å². The van der Waals surface area contributed by atoms with Crippen LogP contribution in [0.3, 0.4) is 0 Å². The van der Waals surface area contributed by atoms with Crippen molar-refractivity contribution in [3.05, 3.63) is 24.1 Å². The van der Waals surface area contributed by atoms with Crippen LogP contribution in [-0.2, 0) is 4.43 Å². The highest BCUT2D eigenvalue weighted by Crippen LogP contribution is 2.37. The van der Waals surface area contributed by atoms with E-state index in [1.807, 2.05) is 0 Å². The van der Waals surface area contributed by atoms with Crippen LogP contribution in [-0.4, -0.2) is 16.4 Å². The normalized spacial score (nSPS) is 14.2. The molecule has 0 aromatic rings. The van der Waals surface area contributed by atoms with E-state index in [0.29, 0.717) is 0 Å². The predicted octanol–water partition coefficient (Wildman–Crippen LogP) is 4.96. The smallest absolute Gasteiger partial charge is 0.250 e. The van der Waals surface area contributed by atoms with Gasteiger partial charge in [0.15, 0.2) is 0 Å². The standard InChI is InChI=1S/C13H28OSi2/c1-12(10-11-15(5,6)7)14-16(8,9)13(2,3)4/h10-11H,1H2,2-9H3/b11-10-. The summed E-state index contributed by atoms with van der Waals surface area (Å²) in [6.07, 6.45) is 2.06. The second-order valence-corrected chi connectivity index (χ2v) is 16.8. The quantitative estimate of drug-likeness (QED) is 0.393. The van der Waals surface area contributed by atoms with Crippen molar-refractivity contribution in [3.8, 4) is 0 Å². The Morgan fingerprint density at radius 2 is 1.50 bits per heavy atom. The molecule has 0 saturated heterocycles. The van der Waals surface area contributed by atoms with Crippen molar-refractivity contribution in [3.63, 3.8) is 0 Å². The average molecular weight is 257 g/mol. The maximum absolute atomic E-state index is 6.08. The van der Waals surface area contributed by atoms with Gasteiger partial charge in [0.05, 0.1) is 13.8 Å². The maximum atomic E-state index is 6.08. The Bertz CT molecular complexity index is 277. The Kier molecular flexibility index (Phi) is 4.83. The van der Waals surface area contributed by atoms with Crippen molar-refractivity contribution in [1.82, 2.24) is 0 Å². The minimum Gasteiger partial charge on any atom is -0.544 e. The SMILES string of the molecule is C=C(/C=C\[Si](C)(C)C)O[Si](C)(C)C(C)(C)C. The summed E-state index contributed by atoms with van der Waals surface area (Å²) in [5.41, 5.74) is 2.28. The molecule has 0 aromatic heterocycles. The van der Waals surface area contributed by atoms with Crippen LogP contribution in [0.1, 0.15) is 20.8 Å². The zero-order chi connectivity index (χ0) is 13.2. The van der Waals surface area contributed by atoms with E-state index in [2.05, 4.69) is 71.9 Å². The second-order valence-electron chi connectivity index (χ2n) is 7.03. The second kappa shape index (κ2) is 4.92. The first kappa shape index (κ1) is 15.7. The lowest BCUT2D eigenvalue weighted by molar-refractivity contribution is 0.402. The highest BCUT2D eigenvalue weighted by atomic mass is 28.4. The summed E-state index contributed by atoms with van der Waals surface area (Å²) in [5, 5.41) is 0.239. The number of hydrogen-bond acceptors (Lipinski definition) is 1. The lowest BCUT2D eigenvalue weighted by Gasteiger charge is -2.36. The zero-order valence-corrected chi connectivity index (χ0v) is 14.3. The van der Waals surface area contributed by atoms with Crippen LogP contribution in [0.4, 0.5) is 0 Å². The van der Waals surface area contributed by atoms with Gasteiger partial charge in [0.2, 0.25) is 8.32 Å². The van der Waals surface area contributed by atoms with Crippen molar-refractivity contribution in [2.75, 3.05) is 0 Å². The highest BCUT2D eigenvalue weighted by Gasteiger charge is 2.38. The molecule has 0 fully saturated rings. The number of allylic oxidation sites excluding steroid dienone is 1. The Balaban J connectivity index is 4.54. The molecule has 0 radical (unpaired) electrons. The van der Waals surface area contributed by atoms with Crippen molar-refractivity contribution < 1.29 is 4.43 Å². The molecule has 0 heterocycles. The van der Waals surface area contributed by atoms with Crippen LogP contribution in [0.15, 0.2) is 24.1 Å². The van der Waals surface area contributed by atoms with E-state index >= 15 is 0 Å². The molecule has 0 atom stereocenters. The fraction of sp³-hybridized carbons (Fsp3) is 0.692. The summed E-state index contributed by atoms with van der Waals surface area (Å²) in [6.45, 7) is 22.2. The molecule has 94 valence electrons. The lowest BCUT2D eigenvalue weighted by atomic mass is 10.2. The molecule has 1 nitrogen and oxygen atoms in total. The molecule has 0 saturated carbocycles. The fourth-order valence-corrected chi connectivity index (χ4v) is 2.57. The molecule has 3 heteroatoms. The molecule has 0 spiro atoms. The van der Waals surface area contributed by atoms with Gasteiger partial charge in [-0.15, -0.1) is 0 Å². The summed E-state index contributed by atoms with van der Waals surface area (Å²) in [7, 11) is -2.85. The van der Waals surface area contributed by atoms with E-state index < -0.39 is 16.4 Å². The largest absolute Gasteiger partial charge is 0.544 e. The van der Waals surface area contributed by atoms with Crippen molar-refractivity contribution in [2.24, 2.45) is 0 Å². The molecule has 0 aromatic carbocycles. The fourth-order valence-electron chi connectivity index (χ4n) is 0.858. The first-order valence-corrected chi connectivity index (χ1v) is 12.4. The van der Waals surface area contributed by atoms with E-state index in [1.165, 1.54) is 0 Å². The summed E-state index contributed by atoms with van der Waals surface area (Å²) < 4.78 is 6.08. The third-order valence-electron chi connectivity index (χ3n) is 2.96. The first-order valence-electron chi connectivity index (χ1n) is 5.92. The average Bonchev–Trinajstić information content (AvgIpc) is 1.96. The summed E-state index contributed by atoms with van der Waals surface area (Å²) in [4.78, 5) is 0. The van der Waals surface area contributed by atoms with Gasteiger partial charge in [0.1, 0.15) is 0 Å². The van der Waals surface area contributed by atoms with Gasteiger partial charge in [0.25, 0.3) is 0 Å². The Morgan fingerprint density at radius 3 is 1.81 bits per heavy atom. The number of rotatable bonds is 4. The number of hydrogen-bond donors (Lipinski definition) is 0. The van der Waals surface area contributed by atoms with E-state index in [0.717, 1.165) is 5.76 Å². The third-order valence-corrected chi connectivity index (χ3v) is 8.51. The van der Waals surface area contributed by atoms with Gasteiger partial charge in [-0.3, -0.25) is 0 Å². The van der Waals surface area contributed by atoms with Gasteiger partial charge in [0, 0.05) is 0 Å². The molecule has 0 unspecified atom stereocenters. The minimum atomic E-state index is -1.70. The third kappa shape index (κ3) is 5.70. The summed E-state index contributed by atoms with van der Waals surface area (Å²) in [5.74, 6) is 0.828. The van der Waals surface area contributed by atoms with Gasteiger partial charge >= 0.3 is 0 Å². The van der Waals surface area contributed by atoms with Crippen LogP contribution in [0.25, 0.3) is 0 Å². The molecule has 0 aliphatic rings. The van der Waals surface area contributed by atoms with E-state index in [9.17, 15) is 0 Å². The van der Waals surface area contributed by atoms with Crippen molar-refractivity contribution >= 4 is 16.4 Å². The van der Waals surface area contributed by atoms with E-state index in [1.54, 1.807) is 0 Å². The van der Waals surface area contributed by atoms with Crippen LogP contribution in [0, 0.1) is 0 Å². The minimum absolute atomic E-state index is 0.239. The molecule has 16 heavy (non-hydrogen) atoms. The maximum Gasteiger partial charge on any atom is 0.250 e. The molecule has 0 amide bonds. The van der Waals surface area contributed by atoms with Gasteiger partial charge in [-0.05, 0) is 24.2 Å². The van der Waals surface area contributed by atoms with Crippen molar-refractivity contribution in [1.29, 1.82) is 0 Å². The van der Waals surface area contributed by atoms with Gasteiger partial charge in [-0.25, -0.2) is 0 Å². The lowest BCUT2D eigenvalue weighted by Crippen LogP contribution is -2.40. The monoisotopic (exact) mass is 256 g/mol. The van der Waals surface area contributed by atoms with Gasteiger partial charge in [-0.2, -0.15) is 0 Å². The van der Waals surface area contributed by atoms with Crippen molar-refractivity contribution in [2.45, 2.75) is 58.5 Å². The van der Waals surface area contributed by atoms with Crippen LogP contribution in [0.5, 0.6) is 0 Å². The Labute approximate surface area is 104 Å². The predicted molar refractivity (Wildman–Crippen MR) is 79.9 cm³/mol. The Hall–Kier alpha value is -0.286. The highest BCUT2D eigenvalue weighted by molar-refractivity contribution is 6.81. The molecule has 0 rings (SSSR count). The Morgan fingerprint density at radius 1 is 1.06 bits per heavy atom. The van der Waals surface area contributed by atoms with Crippen LogP contribution >= 0.6 is 0 Å². The molecule has 0 N–H and O–H groups in total.